The summed E-state index contributed by atoms with van der Waals surface area (Å²) in [5.41, 5.74) is 10.7. The molecule has 21 heavy (non-hydrogen) atoms. The second-order valence-corrected chi connectivity index (χ2v) is 5.84. The molecule has 1 aromatic carbocycles. The van der Waals surface area contributed by atoms with Crippen LogP contribution in [-0.4, -0.2) is 16.4 Å². The van der Waals surface area contributed by atoms with Crippen molar-refractivity contribution < 1.29 is 4.74 Å². The summed E-state index contributed by atoms with van der Waals surface area (Å²) in [5, 5.41) is 5.19. The first kappa shape index (κ1) is 14.4. The molecule has 0 amide bonds. The summed E-state index contributed by atoms with van der Waals surface area (Å²) in [6.45, 7) is 2.82. The van der Waals surface area contributed by atoms with Gasteiger partial charge < -0.3 is 10.5 Å². The normalized spacial score (nSPS) is 14.9. The molecule has 1 aliphatic rings. The maximum Gasteiger partial charge on any atom is 0.122 e. The van der Waals surface area contributed by atoms with E-state index in [1.54, 1.807) is 0 Å². The van der Waals surface area contributed by atoms with Crippen molar-refractivity contribution in [2.75, 3.05) is 6.61 Å². The molecule has 0 saturated heterocycles. The fourth-order valence-corrected chi connectivity index (χ4v) is 3.18. The molecule has 4 nitrogen and oxygen atoms in total. The minimum absolute atomic E-state index is 0.0893. The smallest absolute Gasteiger partial charge is 0.122 e. The molecule has 0 bridgehead atoms. The number of nitrogens with two attached hydrogens (primary N) is 1. The number of hydrogen-bond acceptors (Lipinski definition) is 3. The van der Waals surface area contributed by atoms with Gasteiger partial charge in [-0.25, -0.2) is 0 Å². The Morgan fingerprint density at radius 2 is 2.29 bits per heavy atom. The number of halogens is 1. The molecular formula is C16H20ClN3O. The molecule has 2 aromatic rings. The van der Waals surface area contributed by atoms with Crippen LogP contribution in [0.3, 0.4) is 0 Å². The van der Waals surface area contributed by atoms with Crippen LogP contribution >= 0.6 is 11.6 Å². The molecule has 112 valence electrons. The number of ether oxygens (including phenoxy) is 1. The fraction of sp³-hybridized carbons (Fsp3) is 0.438. The van der Waals surface area contributed by atoms with Crippen molar-refractivity contribution in [3.05, 3.63) is 45.7 Å². The summed E-state index contributed by atoms with van der Waals surface area (Å²) in [6.07, 6.45) is 2.47. The van der Waals surface area contributed by atoms with Gasteiger partial charge in [0.1, 0.15) is 5.75 Å². The molecule has 0 radical (unpaired) electrons. The van der Waals surface area contributed by atoms with E-state index >= 15 is 0 Å². The van der Waals surface area contributed by atoms with Crippen LogP contribution in [0.2, 0.25) is 5.02 Å². The van der Waals surface area contributed by atoms with Crippen LogP contribution in [-0.2, 0) is 26.3 Å². The Kier molecular flexibility index (Phi) is 3.91. The van der Waals surface area contributed by atoms with Crippen LogP contribution in [0.1, 0.15) is 35.5 Å². The van der Waals surface area contributed by atoms with Gasteiger partial charge in [0.15, 0.2) is 0 Å². The third-order valence-corrected chi connectivity index (χ3v) is 4.49. The molecule has 1 unspecified atom stereocenters. The summed E-state index contributed by atoms with van der Waals surface area (Å²) in [7, 11) is 1.92. The van der Waals surface area contributed by atoms with Gasteiger partial charge in [0.05, 0.1) is 23.0 Å². The molecule has 1 aromatic heterocycles. The molecular weight excluding hydrogens is 286 g/mol. The van der Waals surface area contributed by atoms with Crippen molar-refractivity contribution in [2.45, 2.75) is 32.2 Å². The SMILES string of the molecule is CCc1nn(C)c(CC(N)c2ccc3c(c2)CCO3)c1Cl. The molecule has 2 N–H and O–H groups in total. The highest BCUT2D eigenvalue weighted by Gasteiger charge is 2.19. The average molecular weight is 306 g/mol. The zero-order valence-corrected chi connectivity index (χ0v) is 13.2. The predicted molar refractivity (Wildman–Crippen MR) is 83.9 cm³/mol. The average Bonchev–Trinajstić information content (AvgIpc) is 3.05. The quantitative estimate of drug-likeness (QED) is 0.945. The molecule has 0 fully saturated rings. The monoisotopic (exact) mass is 305 g/mol. The number of benzene rings is 1. The first-order valence-electron chi connectivity index (χ1n) is 7.31. The minimum atomic E-state index is -0.0893. The maximum absolute atomic E-state index is 6.40. The van der Waals surface area contributed by atoms with Crippen LogP contribution in [0.4, 0.5) is 0 Å². The van der Waals surface area contributed by atoms with Gasteiger partial charge in [-0.05, 0) is 23.6 Å². The molecule has 5 heteroatoms. The number of aromatic nitrogens is 2. The lowest BCUT2D eigenvalue weighted by atomic mass is 9.99. The fourth-order valence-electron chi connectivity index (χ4n) is 2.80. The largest absolute Gasteiger partial charge is 0.493 e. The van der Waals surface area contributed by atoms with E-state index in [4.69, 9.17) is 22.1 Å². The van der Waals surface area contributed by atoms with Crippen LogP contribution in [0, 0.1) is 0 Å². The summed E-state index contributed by atoms with van der Waals surface area (Å²) >= 11 is 6.40. The van der Waals surface area contributed by atoms with Crippen molar-refractivity contribution in [1.82, 2.24) is 9.78 Å². The van der Waals surface area contributed by atoms with Crippen molar-refractivity contribution in [2.24, 2.45) is 12.8 Å². The summed E-state index contributed by atoms with van der Waals surface area (Å²) in [4.78, 5) is 0. The molecule has 0 spiro atoms. The molecule has 1 atom stereocenters. The lowest BCUT2D eigenvalue weighted by molar-refractivity contribution is 0.357. The second-order valence-electron chi connectivity index (χ2n) is 5.46. The van der Waals surface area contributed by atoms with Crippen molar-refractivity contribution >= 4 is 11.6 Å². The Bertz CT molecular complexity index is 666. The highest BCUT2D eigenvalue weighted by molar-refractivity contribution is 6.31. The van der Waals surface area contributed by atoms with Gasteiger partial charge >= 0.3 is 0 Å². The number of fused-ring (bicyclic) bond motifs is 1. The van der Waals surface area contributed by atoms with E-state index in [0.717, 1.165) is 47.2 Å². The van der Waals surface area contributed by atoms with Crippen LogP contribution < -0.4 is 10.5 Å². The topological polar surface area (TPSA) is 53.1 Å². The van der Waals surface area contributed by atoms with Crippen LogP contribution in [0.25, 0.3) is 0 Å². The number of aryl methyl sites for hydroxylation is 2. The molecule has 3 rings (SSSR count). The molecule has 0 aliphatic carbocycles. The summed E-state index contributed by atoms with van der Waals surface area (Å²) in [5.74, 6) is 0.984. The van der Waals surface area contributed by atoms with E-state index in [0.29, 0.717) is 6.42 Å². The lowest BCUT2D eigenvalue weighted by Gasteiger charge is -2.14. The van der Waals surface area contributed by atoms with Gasteiger partial charge in [-0.2, -0.15) is 5.10 Å². The lowest BCUT2D eigenvalue weighted by Crippen LogP contribution is -2.15. The van der Waals surface area contributed by atoms with Gasteiger partial charge in [-0.15, -0.1) is 0 Å². The van der Waals surface area contributed by atoms with Crippen LogP contribution in [0.15, 0.2) is 18.2 Å². The zero-order valence-electron chi connectivity index (χ0n) is 12.4. The Hall–Kier alpha value is -1.52. The van der Waals surface area contributed by atoms with Gasteiger partial charge in [-0.1, -0.05) is 30.7 Å². The second kappa shape index (κ2) is 5.70. The highest BCUT2D eigenvalue weighted by Crippen LogP contribution is 2.30. The van der Waals surface area contributed by atoms with Gasteiger partial charge in [0, 0.05) is 25.9 Å². The first-order chi connectivity index (χ1) is 10.1. The van der Waals surface area contributed by atoms with E-state index in [-0.39, 0.29) is 6.04 Å². The first-order valence-corrected chi connectivity index (χ1v) is 7.69. The molecule has 1 aliphatic heterocycles. The Morgan fingerprint density at radius 3 is 3.00 bits per heavy atom. The van der Waals surface area contributed by atoms with E-state index in [1.807, 2.05) is 23.9 Å². The van der Waals surface area contributed by atoms with Gasteiger partial charge in [0.25, 0.3) is 0 Å². The third-order valence-electron chi connectivity index (χ3n) is 4.06. The van der Waals surface area contributed by atoms with Gasteiger partial charge in [-0.3, -0.25) is 4.68 Å². The standard InChI is InChI=1S/C16H20ClN3O/c1-3-13-16(17)14(20(2)19-13)9-12(18)10-4-5-15-11(8-10)6-7-21-15/h4-5,8,12H,3,6-7,9,18H2,1-2H3. The van der Waals surface area contributed by atoms with E-state index in [9.17, 15) is 0 Å². The van der Waals surface area contributed by atoms with E-state index < -0.39 is 0 Å². The predicted octanol–water partition coefficient (Wildman–Crippen LogP) is 2.81. The molecule has 2 heterocycles. The van der Waals surface area contributed by atoms with Crippen LogP contribution in [0.5, 0.6) is 5.75 Å². The van der Waals surface area contributed by atoms with Crippen molar-refractivity contribution in [3.63, 3.8) is 0 Å². The van der Waals surface area contributed by atoms with Crippen molar-refractivity contribution in [1.29, 1.82) is 0 Å². The number of hydrogen-bond donors (Lipinski definition) is 1. The summed E-state index contributed by atoms with van der Waals surface area (Å²) < 4.78 is 7.38. The third kappa shape index (κ3) is 2.65. The van der Waals surface area contributed by atoms with E-state index in [2.05, 4.69) is 18.1 Å². The Labute approximate surface area is 129 Å². The van der Waals surface area contributed by atoms with E-state index in [1.165, 1.54) is 5.56 Å². The maximum atomic E-state index is 6.40. The Morgan fingerprint density at radius 1 is 1.48 bits per heavy atom. The van der Waals surface area contributed by atoms with Gasteiger partial charge in [0.2, 0.25) is 0 Å². The summed E-state index contributed by atoms with van der Waals surface area (Å²) in [6, 6.07) is 6.12. The zero-order chi connectivity index (χ0) is 15.0. The number of nitrogens with zero attached hydrogens (tertiary/aromatic N) is 2. The minimum Gasteiger partial charge on any atom is -0.493 e. The Balaban J connectivity index is 1.83. The number of rotatable bonds is 4. The highest BCUT2D eigenvalue weighted by atomic mass is 35.5. The van der Waals surface area contributed by atoms with Crippen molar-refractivity contribution in [3.8, 4) is 5.75 Å². The molecule has 0 saturated carbocycles.